The summed E-state index contributed by atoms with van der Waals surface area (Å²) in [7, 11) is 0. The number of aromatic nitrogens is 3. The van der Waals surface area contributed by atoms with Gasteiger partial charge in [-0.2, -0.15) is 0 Å². The number of thiazole rings is 1. The summed E-state index contributed by atoms with van der Waals surface area (Å²) in [6.45, 7) is 0.290. The zero-order valence-electron chi connectivity index (χ0n) is 8.85. The van der Waals surface area contributed by atoms with E-state index in [9.17, 15) is 4.79 Å². The fraction of sp³-hybridized carbons (Fsp3) is 0.111. The highest BCUT2D eigenvalue weighted by atomic mass is 35.5. The second-order valence-electron chi connectivity index (χ2n) is 3.11. The summed E-state index contributed by atoms with van der Waals surface area (Å²) >= 11 is 12.9. The second kappa shape index (κ2) is 5.57. The molecular formula is C9H7Cl2N5OS. The van der Waals surface area contributed by atoms with Gasteiger partial charge in [0.25, 0.3) is 5.91 Å². The molecule has 0 atom stereocenters. The quantitative estimate of drug-likeness (QED) is 0.845. The molecule has 1 amide bonds. The molecule has 0 aliphatic rings. The van der Waals surface area contributed by atoms with Crippen LogP contribution in [0.25, 0.3) is 0 Å². The summed E-state index contributed by atoms with van der Waals surface area (Å²) in [6.07, 6.45) is 1.20. The SMILES string of the molecule is NCc1nc(C(=O)Nc2ncnc(Cl)c2Cl)cs1. The predicted molar refractivity (Wildman–Crippen MR) is 70.0 cm³/mol. The largest absolute Gasteiger partial charge is 0.325 e. The predicted octanol–water partition coefficient (Wildman–Crippen LogP) is 1.95. The van der Waals surface area contributed by atoms with Crippen LogP contribution >= 0.6 is 34.5 Å². The van der Waals surface area contributed by atoms with Crippen LogP contribution in [-0.4, -0.2) is 20.9 Å². The minimum absolute atomic E-state index is 0.0721. The monoisotopic (exact) mass is 303 g/mol. The van der Waals surface area contributed by atoms with Gasteiger partial charge in [-0.1, -0.05) is 23.2 Å². The molecule has 6 nitrogen and oxygen atoms in total. The Morgan fingerprint density at radius 1 is 1.44 bits per heavy atom. The molecule has 0 radical (unpaired) electrons. The van der Waals surface area contributed by atoms with Gasteiger partial charge in [-0.15, -0.1) is 11.3 Å². The van der Waals surface area contributed by atoms with Crippen molar-refractivity contribution in [1.29, 1.82) is 0 Å². The number of carbonyl (C=O) groups is 1. The molecule has 0 aliphatic heterocycles. The highest BCUT2D eigenvalue weighted by Crippen LogP contribution is 2.25. The van der Waals surface area contributed by atoms with Crippen LogP contribution in [0.4, 0.5) is 5.82 Å². The van der Waals surface area contributed by atoms with Gasteiger partial charge in [-0.25, -0.2) is 15.0 Å². The van der Waals surface area contributed by atoms with Gasteiger partial charge in [-0.05, 0) is 0 Å². The van der Waals surface area contributed by atoms with E-state index in [0.717, 1.165) is 0 Å². The van der Waals surface area contributed by atoms with E-state index in [1.807, 2.05) is 0 Å². The third-order valence-electron chi connectivity index (χ3n) is 1.94. The van der Waals surface area contributed by atoms with Crippen molar-refractivity contribution in [2.75, 3.05) is 5.32 Å². The number of amides is 1. The van der Waals surface area contributed by atoms with E-state index in [4.69, 9.17) is 28.9 Å². The van der Waals surface area contributed by atoms with Crippen LogP contribution in [0, 0.1) is 0 Å². The molecule has 0 saturated heterocycles. The lowest BCUT2D eigenvalue weighted by Crippen LogP contribution is -2.14. The first-order valence-corrected chi connectivity index (χ1v) is 6.37. The summed E-state index contributed by atoms with van der Waals surface area (Å²) in [6, 6.07) is 0. The Kier molecular flexibility index (Phi) is 4.07. The van der Waals surface area contributed by atoms with Crippen molar-refractivity contribution >= 4 is 46.3 Å². The standard InChI is InChI=1S/C9H7Cl2N5OS/c10-6-7(11)13-3-14-8(6)16-9(17)4-2-18-5(1-12)15-4/h2-3H,1,12H2,(H,13,14,16,17). The van der Waals surface area contributed by atoms with Crippen LogP contribution in [0.15, 0.2) is 11.7 Å². The fourth-order valence-electron chi connectivity index (χ4n) is 1.12. The molecule has 0 aliphatic carbocycles. The lowest BCUT2D eigenvalue weighted by atomic mass is 10.4. The van der Waals surface area contributed by atoms with Gasteiger partial charge in [-0.3, -0.25) is 4.79 Å². The topological polar surface area (TPSA) is 93.8 Å². The summed E-state index contributed by atoms with van der Waals surface area (Å²) in [5.74, 6) is -0.286. The molecule has 2 heterocycles. The number of nitrogens with one attached hydrogen (secondary N) is 1. The summed E-state index contributed by atoms with van der Waals surface area (Å²) < 4.78 is 0. The Morgan fingerprint density at radius 2 is 2.22 bits per heavy atom. The smallest absolute Gasteiger partial charge is 0.276 e. The maximum atomic E-state index is 11.8. The molecule has 0 saturated carbocycles. The van der Waals surface area contributed by atoms with Gasteiger partial charge < -0.3 is 11.1 Å². The minimum atomic E-state index is -0.428. The Balaban J connectivity index is 2.18. The van der Waals surface area contributed by atoms with E-state index in [1.165, 1.54) is 17.7 Å². The number of nitrogens with zero attached hydrogens (tertiary/aromatic N) is 3. The van der Waals surface area contributed by atoms with Gasteiger partial charge in [0.1, 0.15) is 22.1 Å². The molecule has 0 fully saturated rings. The van der Waals surface area contributed by atoms with Gasteiger partial charge in [0.05, 0.1) is 0 Å². The molecule has 18 heavy (non-hydrogen) atoms. The zero-order chi connectivity index (χ0) is 13.1. The maximum Gasteiger partial charge on any atom is 0.276 e. The van der Waals surface area contributed by atoms with E-state index >= 15 is 0 Å². The number of hydrogen-bond acceptors (Lipinski definition) is 6. The van der Waals surface area contributed by atoms with Crippen LogP contribution in [0.1, 0.15) is 15.5 Å². The Labute approximate surface area is 116 Å². The molecule has 0 bridgehead atoms. The first-order valence-electron chi connectivity index (χ1n) is 4.73. The highest BCUT2D eigenvalue weighted by Gasteiger charge is 2.14. The van der Waals surface area contributed by atoms with Gasteiger partial charge in [0, 0.05) is 11.9 Å². The third kappa shape index (κ3) is 2.75. The first-order chi connectivity index (χ1) is 8.61. The number of hydrogen-bond donors (Lipinski definition) is 2. The average Bonchev–Trinajstić information content (AvgIpc) is 2.83. The Morgan fingerprint density at radius 3 is 2.89 bits per heavy atom. The number of anilines is 1. The maximum absolute atomic E-state index is 11.8. The number of nitrogens with two attached hydrogens (primary N) is 1. The summed E-state index contributed by atoms with van der Waals surface area (Å²) in [5, 5.41) is 4.94. The second-order valence-corrected chi connectivity index (χ2v) is 4.79. The van der Waals surface area contributed by atoms with Crippen LogP contribution in [0.2, 0.25) is 10.2 Å². The molecular weight excluding hydrogens is 297 g/mol. The van der Waals surface area contributed by atoms with Crippen LogP contribution in [0.5, 0.6) is 0 Å². The van der Waals surface area contributed by atoms with Crippen molar-refractivity contribution in [3.8, 4) is 0 Å². The van der Waals surface area contributed by atoms with Gasteiger partial charge >= 0.3 is 0 Å². The summed E-state index contributed by atoms with van der Waals surface area (Å²) in [5.41, 5.74) is 5.67. The van der Waals surface area contributed by atoms with Crippen molar-refractivity contribution in [1.82, 2.24) is 15.0 Å². The van der Waals surface area contributed by atoms with Crippen molar-refractivity contribution in [3.63, 3.8) is 0 Å². The Hall–Kier alpha value is -1.28. The van der Waals surface area contributed by atoms with Crippen molar-refractivity contribution in [3.05, 3.63) is 32.6 Å². The fourth-order valence-corrected chi connectivity index (χ4v) is 2.05. The first kappa shape index (κ1) is 13.2. The summed E-state index contributed by atoms with van der Waals surface area (Å²) in [4.78, 5) is 23.4. The van der Waals surface area contributed by atoms with Crippen LogP contribution in [-0.2, 0) is 6.54 Å². The van der Waals surface area contributed by atoms with Crippen molar-refractivity contribution in [2.24, 2.45) is 5.73 Å². The van der Waals surface area contributed by atoms with Crippen LogP contribution in [0.3, 0.4) is 0 Å². The van der Waals surface area contributed by atoms with E-state index in [2.05, 4.69) is 20.3 Å². The van der Waals surface area contributed by atoms with E-state index in [-0.39, 0.29) is 28.2 Å². The molecule has 2 aromatic rings. The van der Waals surface area contributed by atoms with Gasteiger partial charge in [0.15, 0.2) is 11.0 Å². The average molecular weight is 304 g/mol. The third-order valence-corrected chi connectivity index (χ3v) is 3.55. The highest BCUT2D eigenvalue weighted by molar-refractivity contribution is 7.09. The van der Waals surface area contributed by atoms with E-state index in [0.29, 0.717) is 5.01 Å². The number of halogens is 2. The van der Waals surface area contributed by atoms with E-state index in [1.54, 1.807) is 5.38 Å². The molecule has 0 aromatic carbocycles. The Bertz CT molecular complexity index is 588. The van der Waals surface area contributed by atoms with Crippen molar-refractivity contribution in [2.45, 2.75) is 6.54 Å². The zero-order valence-corrected chi connectivity index (χ0v) is 11.2. The molecule has 9 heteroatoms. The van der Waals surface area contributed by atoms with Crippen LogP contribution < -0.4 is 11.1 Å². The molecule has 2 rings (SSSR count). The molecule has 94 valence electrons. The normalized spacial score (nSPS) is 10.4. The lowest BCUT2D eigenvalue weighted by Gasteiger charge is -2.04. The van der Waals surface area contributed by atoms with Gasteiger partial charge in [0.2, 0.25) is 0 Å². The molecule has 3 N–H and O–H groups in total. The van der Waals surface area contributed by atoms with E-state index < -0.39 is 5.91 Å². The molecule has 0 unspecified atom stereocenters. The minimum Gasteiger partial charge on any atom is -0.325 e. The number of carbonyl (C=O) groups excluding carboxylic acids is 1. The molecule has 2 aromatic heterocycles. The number of rotatable bonds is 3. The van der Waals surface area contributed by atoms with Crippen molar-refractivity contribution < 1.29 is 4.79 Å². The molecule has 0 spiro atoms. The lowest BCUT2D eigenvalue weighted by molar-refractivity contribution is 0.102.